The zero-order chi connectivity index (χ0) is 10.7. The Morgan fingerprint density at radius 3 is 2.71 bits per heavy atom. The van der Waals surface area contributed by atoms with E-state index in [0.29, 0.717) is 28.0 Å². The Labute approximate surface area is 95.6 Å². The number of phenols is 1. The number of phenolic OH excluding ortho intramolecular Hbond substituents is 1. The number of nitrogens with two attached hydrogens (primary N) is 1. The zero-order valence-corrected chi connectivity index (χ0v) is 9.72. The minimum Gasteiger partial charge on any atom is -0.508 e. The van der Waals surface area contributed by atoms with Crippen molar-refractivity contribution in [2.45, 2.75) is 12.5 Å². The smallest absolute Gasteiger partial charge is 0.122 e. The molecule has 0 heterocycles. The lowest BCUT2D eigenvalue weighted by Gasteiger charge is -2.12. The van der Waals surface area contributed by atoms with E-state index in [2.05, 4.69) is 15.9 Å². The molecule has 4 N–H and O–H groups in total. The van der Waals surface area contributed by atoms with Crippen molar-refractivity contribution in [2.75, 3.05) is 6.54 Å². The van der Waals surface area contributed by atoms with Crippen LogP contribution in [0.2, 0.25) is 5.02 Å². The average molecular weight is 281 g/mol. The van der Waals surface area contributed by atoms with Crippen LogP contribution in [0.1, 0.15) is 18.1 Å². The average Bonchev–Trinajstić information content (AvgIpc) is 2.11. The van der Waals surface area contributed by atoms with Gasteiger partial charge in [0.25, 0.3) is 0 Å². The van der Waals surface area contributed by atoms with Gasteiger partial charge in [-0.1, -0.05) is 11.6 Å². The van der Waals surface area contributed by atoms with Gasteiger partial charge >= 0.3 is 0 Å². The first-order chi connectivity index (χ1) is 6.56. The molecule has 0 aliphatic carbocycles. The van der Waals surface area contributed by atoms with Crippen LogP contribution in [0.25, 0.3) is 0 Å². The van der Waals surface area contributed by atoms with E-state index in [4.69, 9.17) is 17.3 Å². The molecule has 1 atom stereocenters. The molecule has 0 saturated carbocycles. The Kier molecular flexibility index (Phi) is 4.19. The highest BCUT2D eigenvalue weighted by molar-refractivity contribution is 9.10. The summed E-state index contributed by atoms with van der Waals surface area (Å²) in [6.45, 7) is 0.355. The molecule has 1 rings (SSSR count). The fraction of sp³-hybridized carbons (Fsp3) is 0.333. The zero-order valence-electron chi connectivity index (χ0n) is 7.37. The van der Waals surface area contributed by atoms with Crippen molar-refractivity contribution >= 4 is 27.5 Å². The number of aliphatic hydroxyl groups excluding tert-OH is 1. The van der Waals surface area contributed by atoms with E-state index in [9.17, 15) is 10.2 Å². The highest BCUT2D eigenvalue weighted by atomic mass is 79.9. The Hall–Kier alpha value is -0.290. The summed E-state index contributed by atoms with van der Waals surface area (Å²) in [5.41, 5.74) is 5.71. The number of rotatable bonds is 3. The first-order valence-electron chi connectivity index (χ1n) is 4.12. The highest BCUT2D eigenvalue weighted by Crippen LogP contribution is 2.34. The van der Waals surface area contributed by atoms with Crippen molar-refractivity contribution in [1.82, 2.24) is 0 Å². The quantitative estimate of drug-likeness (QED) is 0.795. The number of hydrogen-bond acceptors (Lipinski definition) is 3. The summed E-state index contributed by atoms with van der Waals surface area (Å²) >= 11 is 9.00. The molecule has 3 nitrogen and oxygen atoms in total. The van der Waals surface area contributed by atoms with Gasteiger partial charge in [0.15, 0.2) is 0 Å². The van der Waals surface area contributed by atoms with E-state index < -0.39 is 6.10 Å². The maximum atomic E-state index is 9.60. The molecule has 0 radical (unpaired) electrons. The predicted molar refractivity (Wildman–Crippen MR) is 59.4 cm³/mol. The molecule has 0 aliphatic heterocycles. The van der Waals surface area contributed by atoms with Gasteiger partial charge in [-0.15, -0.1) is 0 Å². The lowest BCUT2D eigenvalue weighted by Crippen LogP contribution is -2.06. The molecule has 1 aromatic rings. The molecule has 1 aromatic carbocycles. The normalized spacial score (nSPS) is 12.9. The van der Waals surface area contributed by atoms with Gasteiger partial charge in [-0.25, -0.2) is 0 Å². The number of benzene rings is 1. The van der Waals surface area contributed by atoms with E-state index in [0.717, 1.165) is 0 Å². The van der Waals surface area contributed by atoms with Crippen molar-refractivity contribution in [3.63, 3.8) is 0 Å². The molecule has 5 heteroatoms. The first kappa shape index (κ1) is 11.8. The second-order valence-corrected chi connectivity index (χ2v) is 4.18. The summed E-state index contributed by atoms with van der Waals surface area (Å²) in [4.78, 5) is 0. The summed E-state index contributed by atoms with van der Waals surface area (Å²) in [6, 6.07) is 2.98. The third kappa shape index (κ3) is 2.60. The van der Waals surface area contributed by atoms with Crippen LogP contribution >= 0.6 is 27.5 Å². The molecule has 0 spiro atoms. The van der Waals surface area contributed by atoms with Gasteiger partial charge in [-0.3, -0.25) is 0 Å². The second kappa shape index (κ2) is 4.98. The van der Waals surface area contributed by atoms with E-state index in [-0.39, 0.29) is 5.75 Å². The molecule has 0 amide bonds. The van der Waals surface area contributed by atoms with Gasteiger partial charge in [0.05, 0.1) is 11.1 Å². The van der Waals surface area contributed by atoms with E-state index >= 15 is 0 Å². The molecule has 0 aliphatic rings. The van der Waals surface area contributed by atoms with Crippen LogP contribution in [-0.2, 0) is 0 Å². The summed E-state index contributed by atoms with van der Waals surface area (Å²) in [5.74, 6) is 0.0159. The number of aliphatic hydroxyl groups is 1. The Balaban J connectivity index is 3.02. The first-order valence-corrected chi connectivity index (χ1v) is 5.29. The largest absolute Gasteiger partial charge is 0.508 e. The summed E-state index contributed by atoms with van der Waals surface area (Å²) in [7, 11) is 0. The van der Waals surface area contributed by atoms with Crippen molar-refractivity contribution in [2.24, 2.45) is 5.73 Å². The minimum atomic E-state index is -0.773. The molecule has 0 fully saturated rings. The minimum absolute atomic E-state index is 0.0159. The molecule has 0 aromatic heterocycles. The Morgan fingerprint density at radius 1 is 1.50 bits per heavy atom. The lowest BCUT2D eigenvalue weighted by atomic mass is 10.1. The second-order valence-electron chi connectivity index (χ2n) is 2.92. The van der Waals surface area contributed by atoms with Crippen molar-refractivity contribution in [3.05, 3.63) is 27.2 Å². The maximum absolute atomic E-state index is 9.60. The standard InChI is InChI=1S/C9H11BrClNO2/c10-6-4-9(14)5(3-7(6)11)8(13)1-2-12/h3-4,8,13-14H,1-2,12H2. The monoisotopic (exact) mass is 279 g/mol. The lowest BCUT2D eigenvalue weighted by molar-refractivity contribution is 0.166. The van der Waals surface area contributed by atoms with Gasteiger partial charge in [-0.2, -0.15) is 0 Å². The van der Waals surface area contributed by atoms with Crippen molar-refractivity contribution < 1.29 is 10.2 Å². The van der Waals surface area contributed by atoms with E-state index in [1.54, 1.807) is 0 Å². The van der Waals surface area contributed by atoms with E-state index in [1.165, 1.54) is 12.1 Å². The Bertz CT molecular complexity index is 333. The van der Waals surface area contributed by atoms with E-state index in [1.807, 2.05) is 0 Å². The number of halogens is 2. The summed E-state index contributed by atoms with van der Waals surface area (Å²) < 4.78 is 0.598. The van der Waals surface area contributed by atoms with Crippen LogP contribution in [0, 0.1) is 0 Å². The van der Waals surface area contributed by atoms with Crippen LogP contribution in [0.3, 0.4) is 0 Å². The molecule has 14 heavy (non-hydrogen) atoms. The van der Waals surface area contributed by atoms with Gasteiger partial charge < -0.3 is 15.9 Å². The number of aromatic hydroxyl groups is 1. The van der Waals surface area contributed by atoms with Crippen LogP contribution in [0.5, 0.6) is 5.75 Å². The third-order valence-corrected chi connectivity index (χ3v) is 3.07. The predicted octanol–water partition coefficient (Wildman–Crippen LogP) is 2.19. The van der Waals surface area contributed by atoms with Crippen LogP contribution in [0.15, 0.2) is 16.6 Å². The summed E-state index contributed by atoms with van der Waals surface area (Å²) in [6.07, 6.45) is -0.378. The molecular formula is C9H11BrClNO2. The van der Waals surface area contributed by atoms with Crippen molar-refractivity contribution in [3.8, 4) is 5.75 Å². The molecule has 78 valence electrons. The van der Waals surface area contributed by atoms with Gasteiger partial charge in [0.2, 0.25) is 0 Å². The third-order valence-electron chi connectivity index (χ3n) is 1.87. The van der Waals surface area contributed by atoms with Gasteiger partial charge in [0.1, 0.15) is 5.75 Å². The molecular weight excluding hydrogens is 269 g/mol. The SMILES string of the molecule is NCCC(O)c1cc(Cl)c(Br)cc1O. The van der Waals surface area contributed by atoms with Gasteiger partial charge in [-0.05, 0) is 41.0 Å². The molecule has 0 bridgehead atoms. The number of hydrogen-bond donors (Lipinski definition) is 3. The van der Waals surface area contributed by atoms with Gasteiger partial charge in [0, 0.05) is 10.0 Å². The summed E-state index contributed by atoms with van der Waals surface area (Å²) in [5, 5.41) is 19.6. The Morgan fingerprint density at radius 2 is 2.14 bits per heavy atom. The maximum Gasteiger partial charge on any atom is 0.122 e. The topological polar surface area (TPSA) is 66.5 Å². The van der Waals surface area contributed by atoms with Crippen molar-refractivity contribution in [1.29, 1.82) is 0 Å². The van der Waals surface area contributed by atoms with Crippen LogP contribution in [0.4, 0.5) is 0 Å². The van der Waals surface area contributed by atoms with Crippen LogP contribution < -0.4 is 5.73 Å². The van der Waals surface area contributed by atoms with Crippen LogP contribution in [-0.4, -0.2) is 16.8 Å². The fourth-order valence-electron chi connectivity index (χ4n) is 1.13. The highest BCUT2D eigenvalue weighted by Gasteiger charge is 2.13. The fourth-order valence-corrected chi connectivity index (χ4v) is 1.64. The molecule has 1 unspecified atom stereocenters. The molecule has 0 saturated heterocycles.